The van der Waals surface area contributed by atoms with E-state index in [0.29, 0.717) is 6.04 Å². The minimum Gasteiger partial charge on any atom is -0.394 e. The smallest absolute Gasteiger partial charge is 0.108 e. The quantitative estimate of drug-likeness (QED) is 0.807. The summed E-state index contributed by atoms with van der Waals surface area (Å²) in [5.41, 5.74) is -0.0906. The van der Waals surface area contributed by atoms with Gasteiger partial charge in [0.1, 0.15) is 5.82 Å². The molecule has 1 aliphatic rings. The van der Waals surface area contributed by atoms with Crippen molar-refractivity contribution in [2.75, 3.05) is 13.2 Å². The fourth-order valence-electron chi connectivity index (χ4n) is 3.41. The van der Waals surface area contributed by atoms with Crippen LogP contribution >= 0.6 is 0 Å². The highest BCUT2D eigenvalue weighted by Gasteiger charge is 2.36. The lowest BCUT2D eigenvalue weighted by Crippen LogP contribution is -2.52. The van der Waals surface area contributed by atoms with Gasteiger partial charge in [-0.2, -0.15) is 0 Å². The Morgan fingerprint density at radius 3 is 3.00 bits per heavy atom. The first-order valence-electron chi connectivity index (χ1n) is 8.12. The van der Waals surface area contributed by atoms with Crippen LogP contribution in [0.25, 0.3) is 0 Å². The molecule has 1 aromatic rings. The van der Waals surface area contributed by atoms with Crippen LogP contribution in [0, 0.1) is 0 Å². The third kappa shape index (κ3) is 3.41. The van der Waals surface area contributed by atoms with Crippen LogP contribution in [0.15, 0.2) is 12.4 Å². The van der Waals surface area contributed by atoms with Crippen molar-refractivity contribution in [1.29, 1.82) is 0 Å². The highest BCUT2D eigenvalue weighted by Crippen LogP contribution is 2.36. The Morgan fingerprint density at radius 1 is 1.45 bits per heavy atom. The molecular weight excluding hydrogens is 250 g/mol. The van der Waals surface area contributed by atoms with Crippen molar-refractivity contribution in [1.82, 2.24) is 14.9 Å². The molecule has 1 aromatic heterocycles. The van der Waals surface area contributed by atoms with Crippen molar-refractivity contribution in [2.45, 2.75) is 70.4 Å². The Kier molecular flexibility index (Phi) is 5.61. The van der Waals surface area contributed by atoms with Crippen LogP contribution in [0.1, 0.15) is 64.2 Å². The number of hydrogen-bond donors (Lipinski definition) is 2. The van der Waals surface area contributed by atoms with Gasteiger partial charge in [0.25, 0.3) is 0 Å². The van der Waals surface area contributed by atoms with Gasteiger partial charge in [-0.1, -0.05) is 13.8 Å². The van der Waals surface area contributed by atoms with Gasteiger partial charge in [-0.25, -0.2) is 4.98 Å². The van der Waals surface area contributed by atoms with Gasteiger partial charge in [0.15, 0.2) is 0 Å². The number of aliphatic hydroxyl groups is 1. The molecule has 2 N–H and O–H groups in total. The van der Waals surface area contributed by atoms with Crippen molar-refractivity contribution >= 4 is 0 Å². The van der Waals surface area contributed by atoms with E-state index in [4.69, 9.17) is 0 Å². The fraction of sp³-hybridized carbons (Fsp3) is 0.812. The first-order valence-corrected chi connectivity index (χ1v) is 8.12. The lowest BCUT2D eigenvalue weighted by atomic mass is 9.79. The largest absolute Gasteiger partial charge is 0.394 e. The van der Waals surface area contributed by atoms with Crippen LogP contribution in [0.5, 0.6) is 0 Å². The Morgan fingerprint density at radius 2 is 2.30 bits per heavy atom. The van der Waals surface area contributed by atoms with Crippen molar-refractivity contribution in [3.8, 4) is 0 Å². The van der Waals surface area contributed by atoms with E-state index in [0.717, 1.165) is 38.6 Å². The van der Waals surface area contributed by atoms with Crippen LogP contribution in [-0.4, -0.2) is 33.3 Å². The Bertz CT molecular complexity index is 404. The number of aromatic nitrogens is 2. The molecule has 114 valence electrons. The van der Waals surface area contributed by atoms with E-state index >= 15 is 0 Å². The zero-order chi connectivity index (χ0) is 14.4. The third-order valence-corrected chi connectivity index (χ3v) is 4.49. The SMILES string of the molecule is CCCNC1(CO)CCCC(n2ccnc2CCC)C1. The number of rotatable bonds is 7. The highest BCUT2D eigenvalue weighted by molar-refractivity contribution is 5.01. The minimum atomic E-state index is -0.0906. The molecule has 0 aromatic carbocycles. The van der Waals surface area contributed by atoms with E-state index in [1.165, 1.54) is 18.7 Å². The second kappa shape index (κ2) is 7.23. The predicted molar refractivity (Wildman–Crippen MR) is 81.8 cm³/mol. The highest BCUT2D eigenvalue weighted by atomic mass is 16.3. The average Bonchev–Trinajstić information content (AvgIpc) is 2.94. The molecule has 2 atom stereocenters. The van der Waals surface area contributed by atoms with Gasteiger partial charge in [-0.05, 0) is 45.1 Å². The average molecular weight is 279 g/mol. The predicted octanol–water partition coefficient (Wildman–Crippen LogP) is 2.68. The molecule has 0 amide bonds. The van der Waals surface area contributed by atoms with Crippen molar-refractivity contribution in [2.24, 2.45) is 0 Å². The number of hydrogen-bond acceptors (Lipinski definition) is 3. The van der Waals surface area contributed by atoms with Gasteiger partial charge in [0.2, 0.25) is 0 Å². The molecule has 2 rings (SSSR count). The minimum absolute atomic E-state index is 0.0906. The van der Waals surface area contributed by atoms with Gasteiger partial charge in [0, 0.05) is 30.4 Å². The first kappa shape index (κ1) is 15.5. The summed E-state index contributed by atoms with van der Waals surface area (Å²) in [6.45, 7) is 5.59. The van der Waals surface area contributed by atoms with Crippen molar-refractivity contribution < 1.29 is 5.11 Å². The molecule has 0 radical (unpaired) electrons. The summed E-state index contributed by atoms with van der Waals surface area (Å²) < 4.78 is 2.35. The molecule has 4 nitrogen and oxygen atoms in total. The van der Waals surface area contributed by atoms with Gasteiger partial charge >= 0.3 is 0 Å². The Hall–Kier alpha value is -0.870. The molecule has 0 bridgehead atoms. The van der Waals surface area contributed by atoms with E-state index in [1.807, 2.05) is 6.20 Å². The van der Waals surface area contributed by atoms with E-state index in [1.54, 1.807) is 0 Å². The number of nitrogens with zero attached hydrogens (tertiary/aromatic N) is 2. The molecule has 0 saturated heterocycles. The van der Waals surface area contributed by atoms with E-state index in [2.05, 4.69) is 34.9 Å². The Labute approximate surface area is 122 Å². The summed E-state index contributed by atoms with van der Waals surface area (Å²) in [5.74, 6) is 1.20. The number of aliphatic hydroxyl groups excluding tert-OH is 1. The molecular formula is C16H29N3O. The van der Waals surface area contributed by atoms with Gasteiger partial charge in [0.05, 0.1) is 6.61 Å². The monoisotopic (exact) mass is 279 g/mol. The molecule has 1 aliphatic carbocycles. The summed E-state index contributed by atoms with van der Waals surface area (Å²) in [6, 6.07) is 0.476. The van der Waals surface area contributed by atoms with E-state index in [-0.39, 0.29) is 12.1 Å². The summed E-state index contributed by atoms with van der Waals surface area (Å²) in [7, 11) is 0. The maximum atomic E-state index is 9.87. The normalized spacial score (nSPS) is 26.9. The molecule has 0 aliphatic heterocycles. The molecule has 20 heavy (non-hydrogen) atoms. The first-order chi connectivity index (χ1) is 9.74. The zero-order valence-electron chi connectivity index (χ0n) is 12.9. The van der Waals surface area contributed by atoms with E-state index < -0.39 is 0 Å². The summed E-state index contributed by atoms with van der Waals surface area (Å²) in [5, 5.41) is 13.5. The van der Waals surface area contributed by atoms with Crippen LogP contribution in [0.4, 0.5) is 0 Å². The molecule has 4 heteroatoms. The second-order valence-electron chi connectivity index (χ2n) is 6.12. The molecule has 1 fully saturated rings. The number of aryl methyl sites for hydroxylation is 1. The number of imidazole rings is 1. The summed E-state index contributed by atoms with van der Waals surface area (Å²) >= 11 is 0. The lowest BCUT2D eigenvalue weighted by Gasteiger charge is -2.41. The molecule has 2 unspecified atom stereocenters. The van der Waals surface area contributed by atoms with Gasteiger partial charge in [-0.3, -0.25) is 0 Å². The topological polar surface area (TPSA) is 50.1 Å². The molecule has 1 saturated carbocycles. The summed E-state index contributed by atoms with van der Waals surface area (Å²) in [6.07, 6.45) is 11.8. The molecule has 0 spiro atoms. The van der Waals surface area contributed by atoms with Crippen molar-refractivity contribution in [3.05, 3.63) is 18.2 Å². The van der Waals surface area contributed by atoms with E-state index in [9.17, 15) is 5.11 Å². The standard InChI is InChI=1S/C16H29N3O/c1-3-6-15-17-10-11-19(15)14-7-5-8-16(12-14,13-20)18-9-4-2/h10-11,14,18,20H,3-9,12-13H2,1-2H3. The van der Waals surface area contributed by atoms with Gasteiger partial charge in [-0.15, -0.1) is 0 Å². The van der Waals surface area contributed by atoms with Crippen LogP contribution in [0.3, 0.4) is 0 Å². The zero-order valence-corrected chi connectivity index (χ0v) is 12.9. The fourth-order valence-corrected chi connectivity index (χ4v) is 3.41. The Balaban J connectivity index is 2.10. The summed E-state index contributed by atoms with van der Waals surface area (Å²) in [4.78, 5) is 4.50. The molecule has 1 heterocycles. The lowest BCUT2D eigenvalue weighted by molar-refractivity contribution is 0.0971. The van der Waals surface area contributed by atoms with Crippen molar-refractivity contribution in [3.63, 3.8) is 0 Å². The van der Waals surface area contributed by atoms with Crippen LogP contribution in [-0.2, 0) is 6.42 Å². The van der Waals surface area contributed by atoms with Gasteiger partial charge < -0.3 is 15.0 Å². The van der Waals surface area contributed by atoms with Crippen LogP contribution < -0.4 is 5.32 Å². The van der Waals surface area contributed by atoms with Crippen LogP contribution in [0.2, 0.25) is 0 Å². The second-order valence-corrected chi connectivity index (χ2v) is 6.12. The maximum Gasteiger partial charge on any atom is 0.108 e. The third-order valence-electron chi connectivity index (χ3n) is 4.49. The maximum absolute atomic E-state index is 9.87. The number of nitrogens with one attached hydrogen (secondary N) is 1.